The lowest BCUT2D eigenvalue weighted by atomic mass is 10.0. The maximum atomic E-state index is 12.1. The summed E-state index contributed by atoms with van der Waals surface area (Å²) in [7, 11) is 0. The van der Waals surface area contributed by atoms with E-state index in [9.17, 15) is 4.79 Å². The van der Waals surface area contributed by atoms with Crippen molar-refractivity contribution in [3.05, 3.63) is 27.7 Å². The molecule has 0 unspecified atom stereocenters. The first-order valence-electron chi connectivity index (χ1n) is 5.39. The summed E-state index contributed by atoms with van der Waals surface area (Å²) in [5.74, 6) is -0.0951. The van der Waals surface area contributed by atoms with Crippen molar-refractivity contribution in [3.8, 4) is 0 Å². The van der Waals surface area contributed by atoms with Crippen LogP contribution >= 0.6 is 27.5 Å². The Morgan fingerprint density at radius 2 is 2.12 bits per heavy atom. The van der Waals surface area contributed by atoms with Crippen molar-refractivity contribution in [1.29, 1.82) is 0 Å². The van der Waals surface area contributed by atoms with Crippen molar-refractivity contribution in [2.75, 3.05) is 11.9 Å². The Bertz CT molecular complexity index is 421. The van der Waals surface area contributed by atoms with Crippen LogP contribution in [0, 0.1) is 0 Å². The summed E-state index contributed by atoms with van der Waals surface area (Å²) in [5.41, 5.74) is 0.0599. The molecule has 0 saturated carbocycles. The molecule has 17 heavy (non-hydrogen) atoms. The molecule has 3 nitrogen and oxygen atoms in total. The third-order valence-electron chi connectivity index (χ3n) is 2.39. The van der Waals surface area contributed by atoms with Gasteiger partial charge in [-0.25, -0.2) is 0 Å². The van der Waals surface area contributed by atoms with E-state index >= 15 is 0 Å². The number of nitrogens with one attached hydrogen (secondary N) is 2. The normalized spacial score (nSPS) is 11.4. The summed E-state index contributed by atoms with van der Waals surface area (Å²) in [6.07, 6.45) is 0. The van der Waals surface area contributed by atoms with E-state index in [4.69, 9.17) is 11.6 Å². The Kier molecular flexibility index (Phi) is 4.98. The number of rotatable bonds is 4. The van der Waals surface area contributed by atoms with Crippen molar-refractivity contribution in [2.45, 2.75) is 26.3 Å². The molecule has 0 aliphatic heterocycles. The van der Waals surface area contributed by atoms with Gasteiger partial charge in [0.2, 0.25) is 5.91 Å². The molecule has 0 radical (unpaired) electrons. The van der Waals surface area contributed by atoms with Crippen molar-refractivity contribution in [3.63, 3.8) is 0 Å². The van der Waals surface area contributed by atoms with Crippen LogP contribution in [0.5, 0.6) is 0 Å². The van der Waals surface area contributed by atoms with Crippen LogP contribution in [0.2, 0.25) is 5.02 Å². The monoisotopic (exact) mass is 318 g/mol. The molecule has 5 heteroatoms. The van der Waals surface area contributed by atoms with Gasteiger partial charge in [0.1, 0.15) is 0 Å². The third kappa shape index (κ3) is 3.69. The summed E-state index contributed by atoms with van der Waals surface area (Å²) >= 11 is 9.31. The van der Waals surface area contributed by atoms with Gasteiger partial charge >= 0.3 is 0 Å². The minimum Gasteiger partial charge on any atom is -0.323 e. The van der Waals surface area contributed by atoms with Gasteiger partial charge in [-0.2, -0.15) is 0 Å². The first-order valence-corrected chi connectivity index (χ1v) is 6.56. The Morgan fingerprint density at radius 1 is 1.47 bits per heavy atom. The topological polar surface area (TPSA) is 41.1 Å². The highest BCUT2D eigenvalue weighted by atomic mass is 79.9. The van der Waals surface area contributed by atoms with Crippen molar-refractivity contribution < 1.29 is 4.79 Å². The van der Waals surface area contributed by atoms with Crippen LogP contribution in [0.1, 0.15) is 20.8 Å². The second kappa shape index (κ2) is 5.85. The number of anilines is 1. The van der Waals surface area contributed by atoms with Gasteiger partial charge in [-0.05, 0) is 48.5 Å². The lowest BCUT2D eigenvalue weighted by Crippen LogP contribution is -2.49. The van der Waals surface area contributed by atoms with Crippen molar-refractivity contribution >= 4 is 39.1 Å². The van der Waals surface area contributed by atoms with Gasteiger partial charge < -0.3 is 10.6 Å². The molecule has 1 aromatic carbocycles. The molecule has 94 valence electrons. The van der Waals surface area contributed by atoms with E-state index in [0.717, 1.165) is 6.54 Å². The van der Waals surface area contributed by atoms with E-state index in [1.54, 1.807) is 18.2 Å². The van der Waals surface area contributed by atoms with Crippen LogP contribution in [0.25, 0.3) is 0 Å². The molecule has 0 saturated heterocycles. The Morgan fingerprint density at radius 3 is 2.71 bits per heavy atom. The number of likely N-dealkylation sites (N-methyl/N-ethyl adjacent to an activating group) is 1. The molecule has 1 rings (SSSR count). The predicted octanol–water partition coefficient (Wildman–Crippen LogP) is 3.43. The first-order chi connectivity index (χ1) is 7.88. The van der Waals surface area contributed by atoms with Crippen molar-refractivity contribution in [1.82, 2.24) is 5.32 Å². The van der Waals surface area contributed by atoms with Crippen LogP contribution in [-0.2, 0) is 4.79 Å². The summed E-state index contributed by atoms with van der Waals surface area (Å²) < 4.78 is 0.697. The van der Waals surface area contributed by atoms with E-state index in [1.807, 2.05) is 20.8 Å². The first kappa shape index (κ1) is 14.5. The summed E-state index contributed by atoms with van der Waals surface area (Å²) in [6.45, 7) is 6.37. The van der Waals surface area contributed by atoms with Gasteiger partial charge in [0.05, 0.1) is 20.7 Å². The molecule has 2 N–H and O–H groups in total. The second-order valence-electron chi connectivity index (χ2n) is 4.21. The lowest BCUT2D eigenvalue weighted by molar-refractivity contribution is -0.121. The minimum atomic E-state index is -0.615. The van der Waals surface area contributed by atoms with E-state index < -0.39 is 5.54 Å². The number of benzene rings is 1. The van der Waals surface area contributed by atoms with Gasteiger partial charge in [-0.15, -0.1) is 0 Å². The number of hydrogen-bond acceptors (Lipinski definition) is 2. The van der Waals surface area contributed by atoms with Gasteiger partial charge in [-0.1, -0.05) is 24.6 Å². The van der Waals surface area contributed by atoms with Gasteiger partial charge in [0, 0.05) is 0 Å². The lowest BCUT2D eigenvalue weighted by Gasteiger charge is -2.24. The van der Waals surface area contributed by atoms with Crippen molar-refractivity contribution in [2.24, 2.45) is 0 Å². The number of carbonyl (C=O) groups excluding carboxylic acids is 1. The van der Waals surface area contributed by atoms with E-state index in [1.165, 1.54) is 0 Å². The van der Waals surface area contributed by atoms with Crippen LogP contribution in [0.4, 0.5) is 5.69 Å². The van der Waals surface area contributed by atoms with Gasteiger partial charge in [0.15, 0.2) is 0 Å². The molecule has 0 atom stereocenters. The third-order valence-corrected chi connectivity index (χ3v) is 3.78. The largest absolute Gasteiger partial charge is 0.323 e. The molecule has 0 aromatic heterocycles. The van der Waals surface area contributed by atoms with E-state index in [-0.39, 0.29) is 5.91 Å². The van der Waals surface area contributed by atoms with Crippen LogP contribution in [0.15, 0.2) is 22.7 Å². The predicted molar refractivity (Wildman–Crippen MR) is 75.5 cm³/mol. The molecular weight excluding hydrogens is 304 g/mol. The Hall–Kier alpha value is -0.580. The molecule has 0 spiro atoms. The number of halogens is 2. The maximum absolute atomic E-state index is 12.1. The molecule has 0 bridgehead atoms. The van der Waals surface area contributed by atoms with Crippen LogP contribution in [-0.4, -0.2) is 18.0 Å². The van der Waals surface area contributed by atoms with Gasteiger partial charge in [0.25, 0.3) is 0 Å². The zero-order chi connectivity index (χ0) is 13.1. The molecule has 0 heterocycles. The number of amides is 1. The SMILES string of the molecule is CCNC(C)(C)C(=O)Nc1cccc(Cl)c1Br. The average molecular weight is 320 g/mol. The Balaban J connectivity index is 2.85. The number of carbonyl (C=O) groups is 1. The second-order valence-corrected chi connectivity index (χ2v) is 5.41. The molecule has 0 aliphatic rings. The zero-order valence-corrected chi connectivity index (χ0v) is 12.4. The minimum absolute atomic E-state index is 0.0951. The molecule has 1 amide bonds. The van der Waals surface area contributed by atoms with Gasteiger partial charge in [-0.3, -0.25) is 4.79 Å². The fourth-order valence-corrected chi connectivity index (χ4v) is 1.94. The summed E-state index contributed by atoms with van der Waals surface area (Å²) in [4.78, 5) is 12.1. The summed E-state index contributed by atoms with van der Waals surface area (Å²) in [5, 5.41) is 6.53. The van der Waals surface area contributed by atoms with E-state index in [0.29, 0.717) is 15.2 Å². The maximum Gasteiger partial charge on any atom is 0.244 e. The molecule has 0 fully saturated rings. The standard InChI is InChI=1S/C12H16BrClN2O/c1-4-15-12(2,3)11(17)16-9-7-5-6-8(14)10(9)13/h5-7,15H,4H2,1-3H3,(H,16,17). The summed E-state index contributed by atoms with van der Waals surface area (Å²) in [6, 6.07) is 5.36. The fourth-order valence-electron chi connectivity index (χ4n) is 1.40. The Labute approximate surface area is 115 Å². The fraction of sp³-hybridized carbons (Fsp3) is 0.417. The molecule has 1 aromatic rings. The zero-order valence-electron chi connectivity index (χ0n) is 10.1. The number of hydrogen-bond donors (Lipinski definition) is 2. The molecular formula is C12H16BrClN2O. The quantitative estimate of drug-likeness (QED) is 0.892. The average Bonchev–Trinajstić information content (AvgIpc) is 2.24. The highest BCUT2D eigenvalue weighted by molar-refractivity contribution is 9.10. The smallest absolute Gasteiger partial charge is 0.244 e. The highest BCUT2D eigenvalue weighted by Crippen LogP contribution is 2.30. The van der Waals surface area contributed by atoms with Crippen LogP contribution < -0.4 is 10.6 Å². The van der Waals surface area contributed by atoms with Crippen LogP contribution in [0.3, 0.4) is 0 Å². The van der Waals surface area contributed by atoms with E-state index in [2.05, 4.69) is 26.6 Å². The molecule has 0 aliphatic carbocycles. The highest BCUT2D eigenvalue weighted by Gasteiger charge is 2.26.